The molecular weight excluding hydrogens is 306 g/mol. The third-order valence-electron chi connectivity index (χ3n) is 4.77. The minimum absolute atomic E-state index is 0.0733. The van der Waals surface area contributed by atoms with E-state index in [0.29, 0.717) is 32.3 Å². The van der Waals surface area contributed by atoms with E-state index in [-0.39, 0.29) is 11.8 Å². The van der Waals surface area contributed by atoms with Gasteiger partial charge in [-0.1, -0.05) is 12.1 Å². The smallest absolute Gasteiger partial charge is 0.223 e. The van der Waals surface area contributed by atoms with E-state index < -0.39 is 0 Å². The van der Waals surface area contributed by atoms with Crippen LogP contribution in [0.4, 0.5) is 0 Å². The molecule has 1 unspecified atom stereocenters. The highest BCUT2D eigenvalue weighted by atomic mass is 16.5. The van der Waals surface area contributed by atoms with E-state index in [1.807, 2.05) is 12.1 Å². The number of amides is 1. The number of carbonyl (C=O) groups excluding carboxylic acids is 1. The second-order valence-electron chi connectivity index (χ2n) is 6.76. The molecule has 0 radical (unpaired) electrons. The fraction of sp³-hybridized carbons (Fsp3) is 0.632. The first-order valence-electron chi connectivity index (χ1n) is 8.88. The third-order valence-corrected chi connectivity index (χ3v) is 4.77. The molecule has 0 spiro atoms. The van der Waals surface area contributed by atoms with Crippen LogP contribution < -0.4 is 10.1 Å². The van der Waals surface area contributed by atoms with Gasteiger partial charge >= 0.3 is 0 Å². The summed E-state index contributed by atoms with van der Waals surface area (Å²) in [4.78, 5) is 12.3. The summed E-state index contributed by atoms with van der Waals surface area (Å²) in [6.07, 6.45) is 2.68. The van der Waals surface area contributed by atoms with E-state index in [4.69, 9.17) is 14.2 Å². The first kappa shape index (κ1) is 17.2. The fourth-order valence-corrected chi connectivity index (χ4v) is 3.15. The lowest BCUT2D eigenvalue weighted by Crippen LogP contribution is -2.34. The fourth-order valence-electron chi connectivity index (χ4n) is 3.15. The van der Waals surface area contributed by atoms with Crippen LogP contribution in [-0.2, 0) is 20.8 Å². The van der Waals surface area contributed by atoms with E-state index >= 15 is 0 Å². The largest absolute Gasteiger partial charge is 0.493 e. The van der Waals surface area contributed by atoms with Crippen LogP contribution >= 0.6 is 0 Å². The van der Waals surface area contributed by atoms with Crippen molar-refractivity contribution < 1.29 is 19.0 Å². The van der Waals surface area contributed by atoms with Crippen LogP contribution in [0.5, 0.6) is 5.75 Å². The maximum absolute atomic E-state index is 12.3. The maximum Gasteiger partial charge on any atom is 0.223 e. The summed E-state index contributed by atoms with van der Waals surface area (Å²) >= 11 is 0. The molecule has 5 heteroatoms. The third kappa shape index (κ3) is 4.71. The van der Waals surface area contributed by atoms with E-state index in [9.17, 15) is 4.79 Å². The molecule has 1 amide bonds. The van der Waals surface area contributed by atoms with Crippen molar-refractivity contribution >= 4 is 5.91 Å². The average molecular weight is 333 g/mol. The Morgan fingerprint density at radius 3 is 2.75 bits per heavy atom. The van der Waals surface area contributed by atoms with E-state index in [2.05, 4.69) is 18.3 Å². The summed E-state index contributed by atoms with van der Waals surface area (Å²) in [6, 6.07) is 6.15. The Balaban J connectivity index is 1.56. The van der Waals surface area contributed by atoms with Crippen LogP contribution in [0.15, 0.2) is 18.2 Å². The number of aryl methyl sites for hydroxylation is 1. The molecule has 1 N–H and O–H groups in total. The Morgan fingerprint density at radius 1 is 1.21 bits per heavy atom. The summed E-state index contributed by atoms with van der Waals surface area (Å²) in [5.74, 6) is 1.53. The highest BCUT2D eigenvalue weighted by Crippen LogP contribution is 2.23. The predicted octanol–water partition coefficient (Wildman–Crippen LogP) is 2.45. The van der Waals surface area contributed by atoms with Gasteiger partial charge in [-0.05, 0) is 37.8 Å². The molecule has 1 aromatic rings. The molecule has 2 heterocycles. The summed E-state index contributed by atoms with van der Waals surface area (Å²) < 4.78 is 16.7. The monoisotopic (exact) mass is 333 g/mol. The van der Waals surface area contributed by atoms with Gasteiger partial charge < -0.3 is 19.5 Å². The molecule has 5 nitrogen and oxygen atoms in total. The van der Waals surface area contributed by atoms with Crippen molar-refractivity contribution in [2.45, 2.75) is 32.7 Å². The Kier molecular flexibility index (Phi) is 6.10. The van der Waals surface area contributed by atoms with Gasteiger partial charge in [0.15, 0.2) is 0 Å². The number of hydrogen-bond donors (Lipinski definition) is 1. The number of benzene rings is 1. The van der Waals surface area contributed by atoms with Gasteiger partial charge in [-0.15, -0.1) is 0 Å². The van der Waals surface area contributed by atoms with Gasteiger partial charge in [0.2, 0.25) is 5.91 Å². The minimum Gasteiger partial charge on any atom is -0.493 e. The second kappa shape index (κ2) is 8.49. The van der Waals surface area contributed by atoms with Gasteiger partial charge in [0.25, 0.3) is 0 Å². The quantitative estimate of drug-likeness (QED) is 0.869. The molecule has 2 aliphatic rings. The molecule has 0 aromatic heterocycles. The van der Waals surface area contributed by atoms with Crippen LogP contribution in [0.25, 0.3) is 0 Å². The molecule has 0 aliphatic carbocycles. The highest BCUT2D eigenvalue weighted by molar-refractivity contribution is 5.78. The van der Waals surface area contributed by atoms with E-state index in [0.717, 1.165) is 49.4 Å². The summed E-state index contributed by atoms with van der Waals surface area (Å²) in [6.45, 7) is 6.20. The summed E-state index contributed by atoms with van der Waals surface area (Å²) in [7, 11) is 0. The molecule has 2 fully saturated rings. The minimum atomic E-state index is 0.0733. The second-order valence-corrected chi connectivity index (χ2v) is 6.76. The Labute approximate surface area is 143 Å². The number of carbonyl (C=O) groups is 1. The van der Waals surface area contributed by atoms with Gasteiger partial charge in [-0.2, -0.15) is 0 Å². The van der Waals surface area contributed by atoms with Crippen molar-refractivity contribution in [1.29, 1.82) is 0 Å². The molecule has 0 bridgehead atoms. The Morgan fingerprint density at radius 2 is 2.00 bits per heavy atom. The van der Waals surface area contributed by atoms with Crippen molar-refractivity contribution in [2.75, 3.05) is 33.0 Å². The van der Waals surface area contributed by atoms with Crippen molar-refractivity contribution in [3.63, 3.8) is 0 Å². The average Bonchev–Trinajstić information content (AvgIpc) is 3.13. The zero-order valence-corrected chi connectivity index (χ0v) is 14.4. The first-order chi connectivity index (χ1) is 11.7. The number of hydrogen-bond acceptors (Lipinski definition) is 4. The van der Waals surface area contributed by atoms with Gasteiger partial charge in [0.1, 0.15) is 5.75 Å². The van der Waals surface area contributed by atoms with Gasteiger partial charge in [-0.25, -0.2) is 0 Å². The summed E-state index contributed by atoms with van der Waals surface area (Å²) in [5.41, 5.74) is 2.19. The topological polar surface area (TPSA) is 56.8 Å². The van der Waals surface area contributed by atoms with Crippen molar-refractivity contribution in [1.82, 2.24) is 5.32 Å². The SMILES string of the molecule is Cc1ccc(CNC(=O)C2CCOCC2)c(OCC2CCOC2)c1. The first-order valence-corrected chi connectivity index (χ1v) is 8.88. The lowest BCUT2D eigenvalue weighted by molar-refractivity contribution is -0.128. The molecule has 3 rings (SSSR count). The molecule has 24 heavy (non-hydrogen) atoms. The Bertz CT molecular complexity index is 548. The van der Waals surface area contributed by atoms with Crippen molar-refractivity contribution in [3.05, 3.63) is 29.3 Å². The van der Waals surface area contributed by atoms with Crippen LogP contribution in [0.2, 0.25) is 0 Å². The number of rotatable bonds is 6. The van der Waals surface area contributed by atoms with Gasteiger partial charge in [0.05, 0.1) is 13.2 Å². The normalized spacial score (nSPS) is 21.6. The van der Waals surface area contributed by atoms with Crippen LogP contribution in [-0.4, -0.2) is 38.9 Å². The van der Waals surface area contributed by atoms with Crippen LogP contribution in [0.3, 0.4) is 0 Å². The highest BCUT2D eigenvalue weighted by Gasteiger charge is 2.22. The maximum atomic E-state index is 12.3. The van der Waals surface area contributed by atoms with Crippen LogP contribution in [0.1, 0.15) is 30.4 Å². The molecule has 1 aromatic carbocycles. The Hall–Kier alpha value is -1.59. The molecule has 132 valence electrons. The lowest BCUT2D eigenvalue weighted by Gasteiger charge is -2.21. The zero-order chi connectivity index (χ0) is 16.8. The molecule has 2 aliphatic heterocycles. The number of ether oxygens (including phenoxy) is 3. The van der Waals surface area contributed by atoms with Gasteiger partial charge in [0, 0.05) is 43.8 Å². The standard InChI is InChI=1S/C19H27NO4/c1-14-2-3-17(11-20-19(21)16-5-8-22-9-6-16)18(10-14)24-13-15-4-7-23-12-15/h2-3,10,15-16H,4-9,11-13H2,1H3,(H,20,21). The van der Waals surface area contributed by atoms with Crippen molar-refractivity contribution in [2.24, 2.45) is 11.8 Å². The zero-order valence-electron chi connectivity index (χ0n) is 14.4. The van der Waals surface area contributed by atoms with E-state index in [1.54, 1.807) is 0 Å². The molecule has 0 saturated carbocycles. The molecular formula is C19H27NO4. The van der Waals surface area contributed by atoms with Crippen molar-refractivity contribution in [3.8, 4) is 5.75 Å². The molecule has 1 atom stereocenters. The molecule has 2 saturated heterocycles. The van der Waals surface area contributed by atoms with Crippen LogP contribution in [0, 0.1) is 18.8 Å². The lowest BCUT2D eigenvalue weighted by atomic mass is 9.99. The predicted molar refractivity (Wildman–Crippen MR) is 91.0 cm³/mol. The summed E-state index contributed by atoms with van der Waals surface area (Å²) in [5, 5.41) is 3.06. The van der Waals surface area contributed by atoms with Gasteiger partial charge in [-0.3, -0.25) is 4.79 Å². The number of nitrogens with one attached hydrogen (secondary N) is 1. The van der Waals surface area contributed by atoms with E-state index in [1.165, 1.54) is 0 Å².